The van der Waals surface area contributed by atoms with E-state index in [2.05, 4.69) is 6.92 Å². The molecule has 6 heteroatoms. The summed E-state index contributed by atoms with van der Waals surface area (Å²) in [5, 5.41) is 9.09. The average molecular weight is 434 g/mol. The molecule has 0 aromatic heterocycles. The summed E-state index contributed by atoms with van der Waals surface area (Å²) in [5.74, 6) is -0.174. The SMILES string of the molecule is CCCCCCCCCCCCOc1ccccc1OC(=O)N1CCC(C(=O)O)CC1. The first-order valence-electron chi connectivity index (χ1n) is 12.0. The van der Waals surface area contributed by atoms with Gasteiger partial charge in [-0.05, 0) is 31.4 Å². The number of nitrogens with zero attached hydrogens (tertiary/aromatic N) is 1. The fraction of sp³-hybridized carbons (Fsp3) is 0.680. The number of hydrogen-bond donors (Lipinski definition) is 1. The fourth-order valence-corrected chi connectivity index (χ4v) is 3.89. The Labute approximate surface area is 186 Å². The van der Waals surface area contributed by atoms with E-state index in [0.29, 0.717) is 44.0 Å². The van der Waals surface area contributed by atoms with Gasteiger partial charge in [-0.1, -0.05) is 76.8 Å². The van der Waals surface area contributed by atoms with E-state index in [0.717, 1.165) is 12.8 Å². The van der Waals surface area contributed by atoms with Crippen molar-refractivity contribution < 1.29 is 24.2 Å². The van der Waals surface area contributed by atoms with Gasteiger partial charge in [-0.2, -0.15) is 0 Å². The summed E-state index contributed by atoms with van der Waals surface area (Å²) in [6.45, 7) is 3.65. The second kappa shape index (κ2) is 14.7. The van der Waals surface area contributed by atoms with Gasteiger partial charge in [0.15, 0.2) is 11.5 Å². The number of amides is 1. The van der Waals surface area contributed by atoms with Gasteiger partial charge in [0, 0.05) is 13.1 Å². The third-order valence-corrected chi connectivity index (χ3v) is 5.90. The molecule has 31 heavy (non-hydrogen) atoms. The first-order chi connectivity index (χ1) is 15.1. The van der Waals surface area contributed by atoms with Crippen molar-refractivity contribution in [1.29, 1.82) is 0 Å². The van der Waals surface area contributed by atoms with Gasteiger partial charge in [-0.15, -0.1) is 0 Å². The minimum Gasteiger partial charge on any atom is -0.490 e. The number of benzene rings is 1. The van der Waals surface area contributed by atoms with E-state index >= 15 is 0 Å². The van der Waals surface area contributed by atoms with Crippen molar-refractivity contribution in [2.24, 2.45) is 5.92 Å². The monoisotopic (exact) mass is 433 g/mol. The molecule has 174 valence electrons. The molecule has 0 aliphatic carbocycles. The van der Waals surface area contributed by atoms with Crippen LogP contribution < -0.4 is 9.47 Å². The summed E-state index contributed by atoms with van der Waals surface area (Å²) in [6, 6.07) is 7.22. The highest BCUT2D eigenvalue weighted by Gasteiger charge is 2.28. The minimum absolute atomic E-state index is 0.374. The second-order valence-corrected chi connectivity index (χ2v) is 8.44. The third-order valence-electron chi connectivity index (χ3n) is 5.90. The minimum atomic E-state index is -0.793. The Morgan fingerprint density at radius 3 is 2.03 bits per heavy atom. The van der Waals surface area contributed by atoms with Crippen molar-refractivity contribution in [2.75, 3.05) is 19.7 Å². The number of carboxylic acids is 1. The molecule has 1 heterocycles. The highest BCUT2D eigenvalue weighted by Crippen LogP contribution is 2.28. The van der Waals surface area contributed by atoms with Crippen molar-refractivity contribution in [3.05, 3.63) is 24.3 Å². The number of ether oxygens (including phenoxy) is 2. The standard InChI is InChI=1S/C25H39NO5/c1-2-3-4-5-6-7-8-9-10-13-20-30-22-14-11-12-15-23(22)31-25(29)26-18-16-21(17-19-26)24(27)28/h11-12,14-15,21H,2-10,13,16-20H2,1H3,(H,27,28). The Bertz CT molecular complexity index is 655. The number of carboxylic acid groups (broad SMARTS) is 1. The molecule has 0 saturated carbocycles. The lowest BCUT2D eigenvalue weighted by molar-refractivity contribution is -0.143. The molecule has 0 radical (unpaired) electrons. The van der Waals surface area contributed by atoms with Crippen LogP contribution in [0.3, 0.4) is 0 Å². The summed E-state index contributed by atoms with van der Waals surface area (Å²) in [7, 11) is 0. The normalized spacial score (nSPS) is 14.4. The maximum absolute atomic E-state index is 12.5. The van der Waals surface area contributed by atoms with Crippen LogP contribution in [0, 0.1) is 5.92 Å². The third kappa shape index (κ3) is 9.62. The summed E-state index contributed by atoms with van der Waals surface area (Å²) in [4.78, 5) is 25.1. The van der Waals surface area contributed by atoms with Crippen molar-refractivity contribution in [1.82, 2.24) is 4.90 Å². The Morgan fingerprint density at radius 2 is 1.45 bits per heavy atom. The molecule has 0 spiro atoms. The maximum atomic E-state index is 12.5. The molecule has 1 aromatic carbocycles. The molecule has 6 nitrogen and oxygen atoms in total. The molecular formula is C25H39NO5. The molecule has 1 aromatic rings. The van der Waals surface area contributed by atoms with Crippen molar-refractivity contribution in [2.45, 2.75) is 84.0 Å². The fourth-order valence-electron chi connectivity index (χ4n) is 3.89. The van der Waals surface area contributed by atoms with Crippen LogP contribution in [-0.2, 0) is 4.79 Å². The van der Waals surface area contributed by atoms with Gasteiger partial charge in [0.05, 0.1) is 12.5 Å². The zero-order valence-electron chi connectivity index (χ0n) is 19.0. The lowest BCUT2D eigenvalue weighted by atomic mass is 9.97. The first kappa shape index (κ1) is 25.0. The molecule has 1 fully saturated rings. The van der Waals surface area contributed by atoms with Crippen LogP contribution in [0.1, 0.15) is 84.0 Å². The molecule has 2 rings (SSSR count). The summed E-state index contributed by atoms with van der Waals surface area (Å²) in [5.41, 5.74) is 0. The van der Waals surface area contributed by atoms with Gasteiger partial charge in [-0.25, -0.2) is 4.79 Å². The maximum Gasteiger partial charge on any atom is 0.415 e. The summed E-state index contributed by atoms with van der Waals surface area (Å²) < 4.78 is 11.4. The smallest absolute Gasteiger partial charge is 0.415 e. The highest BCUT2D eigenvalue weighted by atomic mass is 16.6. The van der Waals surface area contributed by atoms with Crippen molar-refractivity contribution >= 4 is 12.1 Å². The molecule has 0 atom stereocenters. The number of piperidine rings is 1. The van der Waals surface area contributed by atoms with Crippen molar-refractivity contribution in [3.8, 4) is 11.5 Å². The van der Waals surface area contributed by atoms with E-state index < -0.39 is 12.1 Å². The zero-order valence-corrected chi connectivity index (χ0v) is 19.0. The van der Waals surface area contributed by atoms with Crippen LogP contribution in [-0.4, -0.2) is 41.8 Å². The number of carbonyl (C=O) groups excluding carboxylic acids is 1. The molecule has 1 aliphatic rings. The van der Waals surface area contributed by atoms with E-state index in [1.165, 1.54) is 51.4 Å². The van der Waals surface area contributed by atoms with E-state index in [1.54, 1.807) is 11.0 Å². The number of likely N-dealkylation sites (tertiary alicyclic amines) is 1. The number of rotatable bonds is 14. The number of carbonyl (C=O) groups is 2. The number of hydrogen-bond acceptors (Lipinski definition) is 4. The van der Waals surface area contributed by atoms with Crippen LogP contribution >= 0.6 is 0 Å². The molecule has 1 N–H and O–H groups in total. The highest BCUT2D eigenvalue weighted by molar-refractivity contribution is 5.73. The number of unbranched alkanes of at least 4 members (excludes halogenated alkanes) is 9. The molecule has 1 saturated heterocycles. The van der Waals surface area contributed by atoms with E-state index in [9.17, 15) is 9.59 Å². The van der Waals surface area contributed by atoms with E-state index in [-0.39, 0.29) is 5.92 Å². The van der Waals surface area contributed by atoms with Gasteiger partial charge < -0.3 is 19.5 Å². The van der Waals surface area contributed by atoms with Crippen LogP contribution in [0.25, 0.3) is 0 Å². The largest absolute Gasteiger partial charge is 0.490 e. The van der Waals surface area contributed by atoms with Gasteiger partial charge in [-0.3, -0.25) is 4.79 Å². The Hall–Kier alpha value is -2.24. The summed E-state index contributed by atoms with van der Waals surface area (Å²) in [6.07, 6.45) is 13.2. The second-order valence-electron chi connectivity index (χ2n) is 8.44. The van der Waals surface area contributed by atoms with Crippen LogP contribution in [0.5, 0.6) is 11.5 Å². The lowest BCUT2D eigenvalue weighted by Crippen LogP contribution is -2.41. The van der Waals surface area contributed by atoms with Crippen LogP contribution in [0.4, 0.5) is 4.79 Å². The topological polar surface area (TPSA) is 76.1 Å². The molecule has 0 unspecified atom stereocenters. The average Bonchev–Trinajstić information content (AvgIpc) is 2.78. The first-order valence-corrected chi connectivity index (χ1v) is 12.0. The van der Waals surface area contributed by atoms with Gasteiger partial charge in [0.2, 0.25) is 0 Å². The van der Waals surface area contributed by atoms with E-state index in [1.807, 2.05) is 18.2 Å². The van der Waals surface area contributed by atoms with E-state index in [4.69, 9.17) is 14.6 Å². The quantitative estimate of drug-likeness (QED) is 0.349. The Morgan fingerprint density at radius 1 is 0.903 bits per heavy atom. The predicted molar refractivity (Wildman–Crippen MR) is 122 cm³/mol. The Kier molecular flexibility index (Phi) is 11.9. The number of para-hydroxylation sites is 2. The predicted octanol–water partition coefficient (Wildman–Crippen LogP) is 6.28. The van der Waals surface area contributed by atoms with Crippen LogP contribution in [0.15, 0.2) is 24.3 Å². The molecule has 1 aliphatic heterocycles. The molecular weight excluding hydrogens is 394 g/mol. The van der Waals surface area contributed by atoms with Gasteiger partial charge in [0.25, 0.3) is 0 Å². The van der Waals surface area contributed by atoms with Gasteiger partial charge >= 0.3 is 12.1 Å². The lowest BCUT2D eigenvalue weighted by Gasteiger charge is -2.29. The summed E-state index contributed by atoms with van der Waals surface area (Å²) >= 11 is 0. The van der Waals surface area contributed by atoms with Gasteiger partial charge in [0.1, 0.15) is 0 Å². The number of aliphatic carboxylic acids is 1. The zero-order chi connectivity index (χ0) is 22.3. The van der Waals surface area contributed by atoms with Crippen molar-refractivity contribution in [3.63, 3.8) is 0 Å². The van der Waals surface area contributed by atoms with Crippen LogP contribution in [0.2, 0.25) is 0 Å². The molecule has 0 bridgehead atoms. The molecule has 1 amide bonds. The Balaban J connectivity index is 1.63.